The Morgan fingerprint density at radius 3 is 1.41 bits per heavy atom. The van der Waals surface area contributed by atoms with E-state index in [1.54, 1.807) is 0 Å². The molecule has 0 saturated carbocycles. The number of hydrogen-bond acceptors (Lipinski definition) is 1. The molecule has 0 fully saturated rings. The maximum Gasteiger partial charge on any atom is 0.0512 e. The van der Waals surface area contributed by atoms with Crippen molar-refractivity contribution in [3.63, 3.8) is 0 Å². The molecule has 0 aliphatic heterocycles. The van der Waals surface area contributed by atoms with E-state index >= 15 is 0 Å². The molecule has 1 atom stereocenters. The normalized spacial score (nSPS) is 13.7. The fourth-order valence-corrected chi connectivity index (χ4v) is 12.4. The van der Waals surface area contributed by atoms with E-state index in [4.69, 9.17) is 0 Å². The van der Waals surface area contributed by atoms with Gasteiger partial charge in [-0.1, -0.05) is 255 Å². The Kier molecular flexibility index (Phi) is 10.7. The van der Waals surface area contributed by atoms with Gasteiger partial charge in [0.05, 0.1) is 5.69 Å². The predicted molar refractivity (Wildman–Crippen MR) is 318 cm³/mol. The highest BCUT2D eigenvalue weighted by molar-refractivity contribution is 6.22. The molecule has 0 radical (unpaired) electrons. The molecule has 0 aromatic heterocycles. The van der Waals surface area contributed by atoms with Crippen LogP contribution in [0.2, 0.25) is 0 Å². The lowest BCUT2D eigenvalue weighted by molar-refractivity contribution is 0.714. The first kappa shape index (κ1) is 44.2. The minimum Gasteiger partial charge on any atom is -0.310 e. The summed E-state index contributed by atoms with van der Waals surface area (Å²) < 4.78 is 0. The molecular weight excluding hydrogens is 903 g/mol. The molecule has 75 heavy (non-hydrogen) atoms. The molecule has 0 bridgehead atoms. The first-order valence-electron chi connectivity index (χ1n) is 26.1. The number of anilines is 3. The van der Waals surface area contributed by atoms with E-state index in [0.717, 1.165) is 22.6 Å². The van der Waals surface area contributed by atoms with Crippen LogP contribution < -0.4 is 4.90 Å². The molecule has 0 spiro atoms. The van der Waals surface area contributed by atoms with Crippen LogP contribution in [0.1, 0.15) is 23.6 Å². The second-order valence-electron chi connectivity index (χ2n) is 20.1. The van der Waals surface area contributed by atoms with Crippen molar-refractivity contribution in [3.8, 4) is 66.8 Å². The van der Waals surface area contributed by atoms with Crippen LogP contribution in [0.3, 0.4) is 0 Å². The highest BCUT2D eigenvalue weighted by atomic mass is 15.1. The molecule has 13 aromatic carbocycles. The second-order valence-corrected chi connectivity index (χ2v) is 20.1. The van der Waals surface area contributed by atoms with Gasteiger partial charge in [0.1, 0.15) is 0 Å². The van der Waals surface area contributed by atoms with E-state index in [-0.39, 0.29) is 0 Å². The standard InChI is InChI=1S/C74H51N/c1-74(58-25-9-4-10-26-58)69-33-16-15-29-65(69)67-32-18-34-70(73(67)74)75(59-44-39-51(40-45-59)50-35-37-54(38-36-50)62-31-17-24-53-19-11-12-27-61(53)62)60-46-41-52(42-47-60)57-43-48-64-63-28-13-14-30-66(63)71(55-20-5-2-6-21-55)72(68(64)49-57)56-22-7-3-8-23-56/h2-49H,1H3. The Morgan fingerprint density at radius 2 is 0.733 bits per heavy atom. The molecule has 0 saturated heterocycles. The van der Waals surface area contributed by atoms with Crippen LogP contribution in [0.5, 0.6) is 0 Å². The van der Waals surface area contributed by atoms with E-state index in [2.05, 4.69) is 303 Å². The van der Waals surface area contributed by atoms with Crippen molar-refractivity contribution in [2.75, 3.05) is 4.90 Å². The molecular formula is C74H51N. The van der Waals surface area contributed by atoms with Gasteiger partial charge in [0, 0.05) is 16.8 Å². The van der Waals surface area contributed by atoms with Gasteiger partial charge < -0.3 is 4.90 Å². The Bertz CT molecular complexity index is 4250. The summed E-state index contributed by atoms with van der Waals surface area (Å²) in [4.78, 5) is 2.48. The number of hydrogen-bond donors (Lipinski definition) is 0. The van der Waals surface area contributed by atoms with Gasteiger partial charge in [-0.15, -0.1) is 0 Å². The van der Waals surface area contributed by atoms with Gasteiger partial charge in [-0.25, -0.2) is 0 Å². The Labute approximate surface area is 438 Å². The van der Waals surface area contributed by atoms with Crippen molar-refractivity contribution in [2.24, 2.45) is 0 Å². The lowest BCUT2D eigenvalue weighted by Crippen LogP contribution is -2.25. The van der Waals surface area contributed by atoms with Crippen LogP contribution in [0.15, 0.2) is 291 Å². The largest absolute Gasteiger partial charge is 0.310 e. The zero-order valence-corrected chi connectivity index (χ0v) is 41.7. The highest BCUT2D eigenvalue weighted by Crippen LogP contribution is 2.57. The van der Waals surface area contributed by atoms with E-state index in [0.29, 0.717) is 0 Å². The predicted octanol–water partition coefficient (Wildman–Crippen LogP) is 20.3. The maximum atomic E-state index is 2.48. The second kappa shape index (κ2) is 18.2. The fraction of sp³-hybridized carbons (Fsp3) is 0.0270. The lowest BCUT2D eigenvalue weighted by atomic mass is 9.73. The van der Waals surface area contributed by atoms with Gasteiger partial charge in [0.2, 0.25) is 0 Å². The molecule has 352 valence electrons. The van der Waals surface area contributed by atoms with E-state index in [1.807, 2.05) is 0 Å². The molecule has 0 N–H and O–H groups in total. The highest BCUT2D eigenvalue weighted by Gasteiger charge is 2.43. The molecule has 14 rings (SSSR count). The summed E-state index contributed by atoms with van der Waals surface area (Å²) in [6, 6.07) is 107. The minimum absolute atomic E-state index is 0.405. The number of nitrogens with zero attached hydrogens (tertiary/aromatic N) is 1. The third-order valence-electron chi connectivity index (χ3n) is 15.9. The monoisotopic (exact) mass is 953 g/mol. The van der Waals surface area contributed by atoms with E-state index in [9.17, 15) is 0 Å². The minimum atomic E-state index is -0.405. The van der Waals surface area contributed by atoms with Crippen molar-refractivity contribution in [1.29, 1.82) is 0 Å². The Morgan fingerprint density at radius 1 is 0.280 bits per heavy atom. The summed E-state index contributed by atoms with van der Waals surface area (Å²) >= 11 is 0. The van der Waals surface area contributed by atoms with Gasteiger partial charge in [0.25, 0.3) is 0 Å². The summed E-state index contributed by atoms with van der Waals surface area (Å²) in [5, 5.41) is 7.53. The summed E-state index contributed by atoms with van der Waals surface area (Å²) in [7, 11) is 0. The van der Waals surface area contributed by atoms with Crippen molar-refractivity contribution in [3.05, 3.63) is 308 Å². The molecule has 1 heteroatoms. The van der Waals surface area contributed by atoms with Gasteiger partial charge >= 0.3 is 0 Å². The van der Waals surface area contributed by atoms with Crippen LogP contribution in [0, 0.1) is 0 Å². The van der Waals surface area contributed by atoms with Crippen LogP contribution in [0.4, 0.5) is 17.1 Å². The third-order valence-corrected chi connectivity index (χ3v) is 15.9. The molecule has 1 nitrogen and oxygen atoms in total. The summed E-state index contributed by atoms with van der Waals surface area (Å²) in [6.07, 6.45) is 0. The summed E-state index contributed by atoms with van der Waals surface area (Å²) in [5.41, 5.74) is 21.5. The average molecular weight is 954 g/mol. The van der Waals surface area contributed by atoms with Crippen molar-refractivity contribution in [1.82, 2.24) is 0 Å². The summed E-state index contributed by atoms with van der Waals surface area (Å²) in [5.74, 6) is 0. The van der Waals surface area contributed by atoms with Crippen molar-refractivity contribution < 1.29 is 0 Å². The molecule has 1 aliphatic carbocycles. The van der Waals surface area contributed by atoms with E-state index in [1.165, 1.54) is 110 Å². The van der Waals surface area contributed by atoms with Gasteiger partial charge in [-0.2, -0.15) is 0 Å². The molecule has 1 unspecified atom stereocenters. The lowest BCUT2D eigenvalue weighted by Gasteiger charge is -2.34. The van der Waals surface area contributed by atoms with Crippen LogP contribution >= 0.6 is 0 Å². The maximum absolute atomic E-state index is 2.48. The van der Waals surface area contributed by atoms with Crippen molar-refractivity contribution in [2.45, 2.75) is 12.3 Å². The van der Waals surface area contributed by atoms with Crippen LogP contribution in [0.25, 0.3) is 99.1 Å². The quantitative estimate of drug-likeness (QED) is 0.130. The number of fused-ring (bicyclic) bond motifs is 7. The van der Waals surface area contributed by atoms with E-state index < -0.39 is 5.41 Å². The molecule has 0 heterocycles. The first-order chi connectivity index (χ1) is 37.1. The Balaban J connectivity index is 0.909. The number of benzene rings is 13. The van der Waals surface area contributed by atoms with Gasteiger partial charge in [-0.3, -0.25) is 0 Å². The first-order valence-corrected chi connectivity index (χ1v) is 26.1. The molecule has 0 amide bonds. The molecule has 13 aromatic rings. The van der Waals surface area contributed by atoms with Gasteiger partial charge in [0.15, 0.2) is 0 Å². The average Bonchev–Trinajstić information content (AvgIpc) is 3.80. The zero-order chi connectivity index (χ0) is 49.9. The zero-order valence-electron chi connectivity index (χ0n) is 41.7. The summed E-state index contributed by atoms with van der Waals surface area (Å²) in [6.45, 7) is 2.42. The topological polar surface area (TPSA) is 3.24 Å². The van der Waals surface area contributed by atoms with Crippen LogP contribution in [-0.2, 0) is 5.41 Å². The SMILES string of the molecule is CC1(c2ccccc2)c2ccccc2-c2cccc(N(c3ccc(-c4ccc(-c5cccc6ccccc56)cc4)cc3)c3ccc(-c4ccc5c(c4)c(-c4ccccc4)c(-c4ccccc4)c4ccccc45)cc3)c21. The Hall–Kier alpha value is -9.56. The smallest absolute Gasteiger partial charge is 0.0512 e. The molecule has 1 aliphatic rings. The third kappa shape index (κ3) is 7.39. The van der Waals surface area contributed by atoms with Gasteiger partial charge in [-0.05, 0) is 159 Å². The fourth-order valence-electron chi connectivity index (χ4n) is 12.4. The van der Waals surface area contributed by atoms with Crippen molar-refractivity contribution >= 4 is 49.4 Å². The van der Waals surface area contributed by atoms with Crippen LogP contribution in [-0.4, -0.2) is 0 Å². The number of rotatable bonds is 9.